The normalized spacial score (nSPS) is 17.8. The lowest BCUT2D eigenvalue weighted by molar-refractivity contribution is -0.113. The number of aliphatic hydroxyl groups excluding tert-OH is 1. The van der Waals surface area contributed by atoms with E-state index in [9.17, 15) is 9.90 Å². The van der Waals surface area contributed by atoms with E-state index in [1.165, 1.54) is 18.6 Å². The number of aromatic nitrogens is 7. The smallest absolute Gasteiger partial charge is 0.254 e. The summed E-state index contributed by atoms with van der Waals surface area (Å²) in [7, 11) is 0. The molecule has 0 aromatic carbocycles. The van der Waals surface area contributed by atoms with Crippen LogP contribution in [0.5, 0.6) is 0 Å². The number of amides is 1. The standard InChI is InChI=1S/C23H26N10O2/c1-14(2)31-12-20(26-13-31)27-21-17-5-4-8-33(17)30-23(29-21)32-11-16(34)9-18(32)15(3)22(35)28-19-10-24-6-7-25-19/h4-8,10,12-14,16,18,34H,3,9,11H2,1-2H3,(H,25,28,35)(H,27,29,30)/t16-,18-/m0/s1. The summed E-state index contributed by atoms with van der Waals surface area (Å²) in [5.41, 5.74) is 1.04. The number of nitrogens with zero attached hydrogens (tertiary/aromatic N) is 8. The zero-order valence-corrected chi connectivity index (χ0v) is 19.4. The van der Waals surface area contributed by atoms with Gasteiger partial charge in [0.15, 0.2) is 11.6 Å². The van der Waals surface area contributed by atoms with Crippen molar-refractivity contribution >= 4 is 34.8 Å². The van der Waals surface area contributed by atoms with Crippen molar-refractivity contribution in [2.75, 3.05) is 22.1 Å². The molecule has 1 aliphatic heterocycles. The molecule has 12 heteroatoms. The van der Waals surface area contributed by atoms with Crippen LogP contribution in [0.25, 0.3) is 5.52 Å². The number of hydrogen-bond donors (Lipinski definition) is 3. The molecule has 1 amide bonds. The summed E-state index contributed by atoms with van der Waals surface area (Å²) in [6.07, 6.45) is 9.61. The lowest BCUT2D eigenvalue weighted by atomic mass is 10.1. The van der Waals surface area contributed by atoms with Gasteiger partial charge in [-0.2, -0.15) is 4.98 Å². The fourth-order valence-electron chi connectivity index (χ4n) is 4.02. The second-order valence-corrected chi connectivity index (χ2v) is 8.65. The Morgan fingerprint density at radius 1 is 1.26 bits per heavy atom. The van der Waals surface area contributed by atoms with Gasteiger partial charge in [-0.05, 0) is 32.4 Å². The zero-order chi connectivity index (χ0) is 24.5. The van der Waals surface area contributed by atoms with Crippen molar-refractivity contribution < 1.29 is 9.90 Å². The maximum Gasteiger partial charge on any atom is 0.254 e. The third kappa shape index (κ3) is 4.55. The number of anilines is 4. The molecule has 12 nitrogen and oxygen atoms in total. The number of imidazole rings is 1. The van der Waals surface area contributed by atoms with E-state index in [1.807, 2.05) is 29.1 Å². The third-order valence-electron chi connectivity index (χ3n) is 5.86. The molecule has 1 fully saturated rings. The molecule has 0 saturated carbocycles. The van der Waals surface area contributed by atoms with Crippen LogP contribution < -0.4 is 15.5 Å². The van der Waals surface area contributed by atoms with Crippen LogP contribution >= 0.6 is 0 Å². The number of hydrogen-bond acceptors (Lipinski definition) is 9. The molecule has 4 aromatic rings. The Labute approximate surface area is 201 Å². The Bertz CT molecular complexity index is 1360. The van der Waals surface area contributed by atoms with E-state index in [4.69, 9.17) is 4.98 Å². The fourth-order valence-corrected chi connectivity index (χ4v) is 4.02. The molecule has 3 N–H and O–H groups in total. The first-order valence-electron chi connectivity index (χ1n) is 11.3. The van der Waals surface area contributed by atoms with Crippen molar-refractivity contribution in [3.63, 3.8) is 0 Å². The monoisotopic (exact) mass is 474 g/mol. The minimum atomic E-state index is -0.664. The van der Waals surface area contributed by atoms with Crippen molar-refractivity contribution in [2.24, 2.45) is 0 Å². The molecule has 0 unspecified atom stereocenters. The molecule has 4 aromatic heterocycles. The largest absolute Gasteiger partial charge is 0.391 e. The quantitative estimate of drug-likeness (QED) is 0.344. The van der Waals surface area contributed by atoms with Crippen molar-refractivity contribution in [3.8, 4) is 0 Å². The summed E-state index contributed by atoms with van der Waals surface area (Å²) in [6.45, 7) is 8.41. The van der Waals surface area contributed by atoms with Crippen LogP contribution in [0.3, 0.4) is 0 Å². The van der Waals surface area contributed by atoms with Crippen LogP contribution in [0.1, 0.15) is 26.3 Å². The van der Waals surface area contributed by atoms with Gasteiger partial charge in [0.25, 0.3) is 5.91 Å². The Balaban J connectivity index is 1.43. The lowest BCUT2D eigenvalue weighted by Crippen LogP contribution is -2.36. The average Bonchev–Trinajstić information content (AvgIpc) is 3.58. The molecular formula is C23H26N10O2. The molecule has 0 radical (unpaired) electrons. The topological polar surface area (TPSA) is 138 Å². The second kappa shape index (κ2) is 9.14. The van der Waals surface area contributed by atoms with Crippen molar-refractivity contribution in [2.45, 2.75) is 38.5 Å². The Hall–Kier alpha value is -4.32. The van der Waals surface area contributed by atoms with Crippen LogP contribution in [0.2, 0.25) is 0 Å². The first-order valence-corrected chi connectivity index (χ1v) is 11.3. The van der Waals surface area contributed by atoms with E-state index >= 15 is 0 Å². The third-order valence-corrected chi connectivity index (χ3v) is 5.86. The molecular weight excluding hydrogens is 448 g/mol. The van der Waals surface area contributed by atoms with E-state index < -0.39 is 18.1 Å². The number of rotatable bonds is 7. The van der Waals surface area contributed by atoms with Gasteiger partial charge in [-0.25, -0.2) is 14.5 Å². The van der Waals surface area contributed by atoms with E-state index in [-0.39, 0.29) is 18.2 Å². The molecule has 1 aliphatic rings. The highest BCUT2D eigenvalue weighted by Crippen LogP contribution is 2.30. The van der Waals surface area contributed by atoms with Gasteiger partial charge < -0.3 is 25.2 Å². The van der Waals surface area contributed by atoms with Crippen molar-refractivity contribution in [1.29, 1.82) is 0 Å². The van der Waals surface area contributed by atoms with Gasteiger partial charge in [0.05, 0.1) is 24.7 Å². The highest BCUT2D eigenvalue weighted by atomic mass is 16.3. The highest BCUT2D eigenvalue weighted by molar-refractivity contribution is 6.04. The number of carbonyl (C=O) groups excluding carboxylic acids is 1. The fraction of sp³-hybridized carbons (Fsp3) is 0.304. The molecule has 5 heterocycles. The molecule has 0 spiro atoms. The lowest BCUT2D eigenvalue weighted by Gasteiger charge is -2.26. The minimum absolute atomic E-state index is 0.260. The molecule has 2 atom stereocenters. The Morgan fingerprint density at radius 3 is 2.86 bits per heavy atom. The second-order valence-electron chi connectivity index (χ2n) is 8.65. The number of fused-ring (bicyclic) bond motifs is 1. The van der Waals surface area contributed by atoms with Gasteiger partial charge in [-0.3, -0.25) is 9.78 Å². The predicted molar refractivity (Wildman–Crippen MR) is 130 cm³/mol. The predicted octanol–water partition coefficient (Wildman–Crippen LogP) is 2.17. The molecule has 0 bridgehead atoms. The van der Waals surface area contributed by atoms with E-state index in [0.29, 0.717) is 29.8 Å². The van der Waals surface area contributed by atoms with E-state index in [2.05, 4.69) is 51.1 Å². The number of carbonyl (C=O) groups is 1. The SMILES string of the molecule is C=C(C(=O)Nc1cnccn1)[C@@H]1C[C@H](O)CN1c1nc(Nc2cn(C(C)C)cn2)c2cccn2n1. The number of β-amino-alcohol motifs (C(OH)–C–C–N with tert-alkyl or cyclic N) is 1. The van der Waals surface area contributed by atoms with Crippen LogP contribution in [-0.2, 0) is 4.79 Å². The summed E-state index contributed by atoms with van der Waals surface area (Å²) >= 11 is 0. The summed E-state index contributed by atoms with van der Waals surface area (Å²) in [6, 6.07) is 3.55. The van der Waals surface area contributed by atoms with Gasteiger partial charge in [-0.1, -0.05) is 6.58 Å². The van der Waals surface area contributed by atoms with Crippen molar-refractivity contribution in [1.82, 2.24) is 34.1 Å². The van der Waals surface area contributed by atoms with Gasteiger partial charge in [-0.15, -0.1) is 5.10 Å². The summed E-state index contributed by atoms with van der Waals surface area (Å²) in [5, 5.41) is 21.0. The van der Waals surface area contributed by atoms with E-state index in [1.54, 1.807) is 15.7 Å². The maximum atomic E-state index is 12.9. The first-order chi connectivity index (χ1) is 16.9. The van der Waals surface area contributed by atoms with Crippen LogP contribution in [0, 0.1) is 0 Å². The van der Waals surface area contributed by atoms with Gasteiger partial charge >= 0.3 is 0 Å². The Morgan fingerprint density at radius 2 is 2.11 bits per heavy atom. The number of aliphatic hydroxyl groups is 1. The summed E-state index contributed by atoms with van der Waals surface area (Å²) < 4.78 is 3.70. The van der Waals surface area contributed by atoms with Crippen molar-refractivity contribution in [3.05, 3.63) is 61.6 Å². The van der Waals surface area contributed by atoms with Gasteiger partial charge in [0.2, 0.25) is 5.95 Å². The number of nitrogens with one attached hydrogen (secondary N) is 2. The van der Waals surface area contributed by atoms with Gasteiger partial charge in [0, 0.05) is 42.9 Å². The zero-order valence-electron chi connectivity index (χ0n) is 19.4. The molecule has 35 heavy (non-hydrogen) atoms. The molecule has 0 aliphatic carbocycles. The van der Waals surface area contributed by atoms with Crippen LogP contribution in [0.15, 0.2) is 61.6 Å². The minimum Gasteiger partial charge on any atom is -0.391 e. The summed E-state index contributed by atoms with van der Waals surface area (Å²) in [5.74, 6) is 1.48. The molecule has 1 saturated heterocycles. The van der Waals surface area contributed by atoms with Gasteiger partial charge in [0.1, 0.15) is 11.3 Å². The summed E-state index contributed by atoms with van der Waals surface area (Å²) in [4.78, 5) is 31.8. The average molecular weight is 475 g/mol. The van der Waals surface area contributed by atoms with Crippen LogP contribution in [0.4, 0.5) is 23.4 Å². The molecule has 180 valence electrons. The molecule has 5 rings (SSSR count). The van der Waals surface area contributed by atoms with E-state index in [0.717, 1.165) is 5.52 Å². The maximum absolute atomic E-state index is 12.9. The first kappa shape index (κ1) is 22.5. The van der Waals surface area contributed by atoms with Crippen LogP contribution in [-0.4, -0.2) is 63.8 Å². The Kier molecular flexibility index (Phi) is 5.87. The highest BCUT2D eigenvalue weighted by Gasteiger charge is 2.37.